The van der Waals surface area contributed by atoms with E-state index in [-0.39, 0.29) is 5.91 Å². The van der Waals surface area contributed by atoms with Crippen molar-refractivity contribution >= 4 is 23.3 Å². The number of benzene rings is 1. The molecule has 2 N–H and O–H groups in total. The van der Waals surface area contributed by atoms with Crippen LogP contribution in [-0.4, -0.2) is 17.6 Å². The van der Waals surface area contributed by atoms with E-state index < -0.39 is 6.10 Å². The lowest BCUT2D eigenvalue weighted by Gasteiger charge is -2.08. The lowest BCUT2D eigenvalue weighted by Crippen LogP contribution is -2.23. The van der Waals surface area contributed by atoms with Gasteiger partial charge in [0, 0.05) is 12.6 Å². The number of aliphatic hydroxyl groups excluding tert-OH is 1. The molecule has 1 aromatic heterocycles. The zero-order valence-electron chi connectivity index (χ0n) is 11.0. The number of aliphatic hydroxyl groups is 1. The SMILES string of the molecule is O=C(/C=C/c1ccccc1)NCC[C@H](O)c1ccsc1. The Morgan fingerprint density at radius 3 is 2.80 bits per heavy atom. The lowest BCUT2D eigenvalue weighted by molar-refractivity contribution is -0.116. The Morgan fingerprint density at radius 1 is 1.30 bits per heavy atom. The number of hydrogen-bond donors (Lipinski definition) is 2. The average Bonchev–Trinajstić information content (AvgIpc) is 3.00. The molecule has 0 aliphatic heterocycles. The molecule has 0 bridgehead atoms. The number of nitrogens with one attached hydrogen (secondary N) is 1. The molecule has 0 fully saturated rings. The highest BCUT2D eigenvalue weighted by atomic mass is 32.1. The molecular weight excluding hydrogens is 270 g/mol. The second-order valence-corrected chi connectivity index (χ2v) is 5.18. The van der Waals surface area contributed by atoms with Gasteiger partial charge in [0.15, 0.2) is 0 Å². The molecule has 0 aliphatic rings. The minimum absolute atomic E-state index is 0.147. The van der Waals surface area contributed by atoms with Gasteiger partial charge in [-0.1, -0.05) is 30.3 Å². The zero-order valence-corrected chi connectivity index (χ0v) is 11.8. The van der Waals surface area contributed by atoms with Crippen molar-refractivity contribution in [1.29, 1.82) is 0 Å². The zero-order chi connectivity index (χ0) is 14.2. The molecule has 20 heavy (non-hydrogen) atoms. The Labute approximate surface area is 122 Å². The molecule has 1 aromatic carbocycles. The predicted octanol–water partition coefficient (Wildman–Crippen LogP) is 3.00. The molecule has 2 aromatic rings. The van der Waals surface area contributed by atoms with Crippen LogP contribution in [0.1, 0.15) is 23.7 Å². The van der Waals surface area contributed by atoms with Crippen LogP contribution in [-0.2, 0) is 4.79 Å². The van der Waals surface area contributed by atoms with E-state index in [9.17, 15) is 9.90 Å². The molecular formula is C16H17NO2S. The summed E-state index contributed by atoms with van der Waals surface area (Å²) in [4.78, 5) is 11.6. The summed E-state index contributed by atoms with van der Waals surface area (Å²) in [5.41, 5.74) is 1.89. The highest BCUT2D eigenvalue weighted by Gasteiger charge is 2.07. The first-order chi connectivity index (χ1) is 9.75. The minimum Gasteiger partial charge on any atom is -0.388 e. The first kappa shape index (κ1) is 14.5. The van der Waals surface area contributed by atoms with Crippen molar-refractivity contribution in [3.8, 4) is 0 Å². The first-order valence-corrected chi connectivity index (χ1v) is 7.41. The van der Waals surface area contributed by atoms with Gasteiger partial charge in [-0.3, -0.25) is 4.79 Å². The van der Waals surface area contributed by atoms with Crippen molar-refractivity contribution in [1.82, 2.24) is 5.32 Å². The van der Waals surface area contributed by atoms with Crippen molar-refractivity contribution in [2.75, 3.05) is 6.54 Å². The number of thiophene rings is 1. The molecule has 0 radical (unpaired) electrons. The van der Waals surface area contributed by atoms with Crippen LogP contribution in [0.2, 0.25) is 0 Å². The number of rotatable bonds is 6. The van der Waals surface area contributed by atoms with Crippen LogP contribution in [0.25, 0.3) is 6.08 Å². The summed E-state index contributed by atoms with van der Waals surface area (Å²) in [6.45, 7) is 0.453. The molecule has 1 amide bonds. The molecule has 4 heteroatoms. The summed E-state index contributed by atoms with van der Waals surface area (Å²) >= 11 is 1.55. The average molecular weight is 287 g/mol. The second-order valence-electron chi connectivity index (χ2n) is 4.40. The smallest absolute Gasteiger partial charge is 0.244 e. The Bertz CT molecular complexity index is 549. The number of carbonyl (C=O) groups excluding carboxylic acids is 1. The highest BCUT2D eigenvalue weighted by molar-refractivity contribution is 7.07. The summed E-state index contributed by atoms with van der Waals surface area (Å²) in [5, 5.41) is 16.5. The van der Waals surface area contributed by atoms with E-state index in [2.05, 4.69) is 5.32 Å². The summed E-state index contributed by atoms with van der Waals surface area (Å²) in [5.74, 6) is -0.147. The van der Waals surface area contributed by atoms with Crippen LogP contribution < -0.4 is 5.32 Å². The van der Waals surface area contributed by atoms with Crippen molar-refractivity contribution in [2.45, 2.75) is 12.5 Å². The van der Waals surface area contributed by atoms with Gasteiger partial charge in [0.1, 0.15) is 0 Å². The lowest BCUT2D eigenvalue weighted by atomic mass is 10.1. The summed E-state index contributed by atoms with van der Waals surface area (Å²) < 4.78 is 0. The van der Waals surface area contributed by atoms with Gasteiger partial charge in [0.05, 0.1) is 6.10 Å². The molecule has 0 aliphatic carbocycles. The molecule has 0 saturated carbocycles. The van der Waals surface area contributed by atoms with Crippen molar-refractivity contribution in [2.24, 2.45) is 0 Å². The van der Waals surface area contributed by atoms with Gasteiger partial charge in [-0.2, -0.15) is 11.3 Å². The van der Waals surface area contributed by atoms with Gasteiger partial charge in [-0.25, -0.2) is 0 Å². The topological polar surface area (TPSA) is 49.3 Å². The molecule has 1 heterocycles. The van der Waals surface area contributed by atoms with Crippen molar-refractivity contribution in [3.63, 3.8) is 0 Å². The summed E-state index contributed by atoms with van der Waals surface area (Å²) in [6.07, 6.45) is 3.28. The molecule has 0 spiro atoms. The summed E-state index contributed by atoms with van der Waals surface area (Å²) in [7, 11) is 0. The van der Waals surface area contributed by atoms with Crippen LogP contribution in [0.3, 0.4) is 0 Å². The van der Waals surface area contributed by atoms with E-state index in [1.54, 1.807) is 17.4 Å². The largest absolute Gasteiger partial charge is 0.388 e. The molecule has 1 atom stereocenters. The molecule has 0 unspecified atom stereocenters. The molecule has 104 valence electrons. The number of amides is 1. The second kappa shape index (κ2) is 7.62. The highest BCUT2D eigenvalue weighted by Crippen LogP contribution is 2.18. The van der Waals surface area contributed by atoms with Gasteiger partial charge in [0.25, 0.3) is 0 Å². The van der Waals surface area contributed by atoms with Gasteiger partial charge < -0.3 is 10.4 Å². The standard InChI is InChI=1S/C16H17NO2S/c18-15(14-9-11-20-12-14)8-10-17-16(19)7-6-13-4-2-1-3-5-13/h1-7,9,11-12,15,18H,8,10H2,(H,17,19)/b7-6+/t15-/m0/s1. The van der Waals surface area contributed by atoms with E-state index >= 15 is 0 Å². The van der Waals surface area contributed by atoms with E-state index in [4.69, 9.17) is 0 Å². The first-order valence-electron chi connectivity index (χ1n) is 6.47. The third kappa shape index (κ3) is 4.64. The number of hydrogen-bond acceptors (Lipinski definition) is 3. The van der Waals surface area contributed by atoms with E-state index in [1.165, 1.54) is 6.08 Å². The Hall–Kier alpha value is -1.91. The van der Waals surface area contributed by atoms with Crippen LogP contribution in [0.15, 0.2) is 53.2 Å². The van der Waals surface area contributed by atoms with Gasteiger partial charge in [0.2, 0.25) is 5.91 Å². The minimum atomic E-state index is -0.514. The van der Waals surface area contributed by atoms with E-state index in [1.807, 2.05) is 47.2 Å². The fourth-order valence-corrected chi connectivity index (χ4v) is 2.47. The van der Waals surface area contributed by atoms with Crippen LogP contribution in [0.5, 0.6) is 0 Å². The van der Waals surface area contributed by atoms with Crippen LogP contribution in [0.4, 0.5) is 0 Å². The maximum absolute atomic E-state index is 11.6. The maximum Gasteiger partial charge on any atom is 0.244 e. The fraction of sp³-hybridized carbons (Fsp3) is 0.188. The maximum atomic E-state index is 11.6. The normalized spacial score (nSPS) is 12.4. The molecule has 2 rings (SSSR count). The van der Waals surface area contributed by atoms with E-state index in [0.29, 0.717) is 13.0 Å². The predicted molar refractivity (Wildman–Crippen MR) is 82.4 cm³/mol. The van der Waals surface area contributed by atoms with Gasteiger partial charge in [-0.05, 0) is 40.5 Å². The monoisotopic (exact) mass is 287 g/mol. The molecule has 3 nitrogen and oxygen atoms in total. The van der Waals surface area contributed by atoms with Crippen molar-refractivity contribution < 1.29 is 9.90 Å². The third-order valence-corrected chi connectivity index (χ3v) is 3.57. The quantitative estimate of drug-likeness (QED) is 0.802. The molecule has 0 saturated heterocycles. The third-order valence-electron chi connectivity index (χ3n) is 2.87. The Kier molecular flexibility index (Phi) is 5.53. The number of carbonyl (C=O) groups is 1. The summed E-state index contributed by atoms with van der Waals surface area (Å²) in [6, 6.07) is 11.5. The Morgan fingerprint density at radius 2 is 2.10 bits per heavy atom. The van der Waals surface area contributed by atoms with Crippen molar-refractivity contribution in [3.05, 3.63) is 64.4 Å². The van der Waals surface area contributed by atoms with Crippen LogP contribution in [0, 0.1) is 0 Å². The van der Waals surface area contributed by atoms with E-state index in [0.717, 1.165) is 11.1 Å². The van der Waals surface area contributed by atoms with Crippen LogP contribution >= 0.6 is 11.3 Å². The Balaban J connectivity index is 1.72. The fourth-order valence-electron chi connectivity index (χ4n) is 1.76. The van der Waals surface area contributed by atoms with Gasteiger partial charge in [-0.15, -0.1) is 0 Å². The van der Waals surface area contributed by atoms with Gasteiger partial charge >= 0.3 is 0 Å².